The van der Waals surface area contributed by atoms with Crippen LogP contribution in [0.1, 0.15) is 38.3 Å². The first kappa shape index (κ1) is 15.4. The Balaban J connectivity index is 1.86. The fraction of sp³-hybridized carbons (Fsp3) is 0.412. The molecule has 0 amide bonds. The van der Waals surface area contributed by atoms with E-state index in [0.29, 0.717) is 12.4 Å². The summed E-state index contributed by atoms with van der Waals surface area (Å²) in [7, 11) is 0. The molecule has 1 aromatic heterocycles. The molecule has 24 heavy (non-hydrogen) atoms. The predicted molar refractivity (Wildman–Crippen MR) is 92.8 cm³/mol. The number of carbonyl (C=O) groups is 1. The third-order valence-corrected chi connectivity index (χ3v) is 5.37. The smallest absolute Gasteiger partial charge is 0.248 e. The van der Waals surface area contributed by atoms with Gasteiger partial charge in [0.1, 0.15) is 6.04 Å². The Morgan fingerprint density at radius 3 is 2.71 bits per heavy atom. The highest BCUT2D eigenvalue weighted by Gasteiger charge is 2.41. The van der Waals surface area contributed by atoms with Crippen LogP contribution < -0.4 is 5.32 Å². The third-order valence-electron chi connectivity index (χ3n) is 4.63. The molecule has 1 aromatic carbocycles. The lowest BCUT2D eigenvalue weighted by Gasteiger charge is -2.37. The number of nitrogens with zero attached hydrogens (tertiary/aromatic N) is 4. The van der Waals surface area contributed by atoms with E-state index in [1.807, 2.05) is 6.26 Å². The zero-order valence-corrected chi connectivity index (χ0v) is 14.7. The van der Waals surface area contributed by atoms with Gasteiger partial charge in [-0.1, -0.05) is 31.1 Å². The average molecular weight is 341 g/mol. The number of aromatic nitrogens is 4. The molecule has 1 unspecified atom stereocenters. The number of hydrogen-bond acceptors (Lipinski definition) is 6. The quantitative estimate of drug-likeness (QED) is 0.847. The number of rotatable bonds is 2. The fourth-order valence-electron chi connectivity index (χ4n) is 3.56. The number of hydrogen-bond donors (Lipinski definition) is 1. The highest BCUT2D eigenvalue weighted by molar-refractivity contribution is 7.98. The summed E-state index contributed by atoms with van der Waals surface area (Å²) in [6.07, 6.45) is 3.41. The van der Waals surface area contributed by atoms with E-state index in [2.05, 4.69) is 59.0 Å². The van der Waals surface area contributed by atoms with Gasteiger partial charge in [0.25, 0.3) is 0 Å². The monoisotopic (exact) mass is 341 g/mol. The molecular formula is C17H19N5OS. The molecule has 7 heteroatoms. The molecule has 0 fully saturated rings. The average Bonchev–Trinajstić information content (AvgIpc) is 3.00. The molecule has 0 spiro atoms. The van der Waals surface area contributed by atoms with E-state index in [9.17, 15) is 4.79 Å². The van der Waals surface area contributed by atoms with Crippen molar-refractivity contribution >= 4 is 23.5 Å². The summed E-state index contributed by atoms with van der Waals surface area (Å²) in [5.41, 5.74) is 2.73. The van der Waals surface area contributed by atoms with Gasteiger partial charge in [-0.05, 0) is 46.2 Å². The molecule has 1 atom stereocenters. The molecule has 4 rings (SSSR count). The maximum atomic E-state index is 12.9. The van der Waals surface area contributed by atoms with Gasteiger partial charge in [0.15, 0.2) is 5.78 Å². The predicted octanol–water partition coefficient (Wildman–Crippen LogP) is 3.05. The van der Waals surface area contributed by atoms with Gasteiger partial charge in [0.05, 0.1) is 0 Å². The highest BCUT2D eigenvalue weighted by atomic mass is 32.2. The zero-order chi connectivity index (χ0) is 16.9. The Morgan fingerprint density at radius 2 is 2.00 bits per heavy atom. The topological polar surface area (TPSA) is 72.7 Å². The maximum Gasteiger partial charge on any atom is 0.248 e. The van der Waals surface area contributed by atoms with Crippen LogP contribution in [0, 0.1) is 5.41 Å². The number of thioether (sulfide) groups is 1. The number of tetrazole rings is 1. The van der Waals surface area contributed by atoms with Crippen molar-refractivity contribution in [1.82, 2.24) is 20.2 Å². The van der Waals surface area contributed by atoms with Crippen molar-refractivity contribution in [1.29, 1.82) is 0 Å². The van der Waals surface area contributed by atoms with Gasteiger partial charge < -0.3 is 5.32 Å². The Hall–Kier alpha value is -2.15. The van der Waals surface area contributed by atoms with E-state index >= 15 is 0 Å². The first-order chi connectivity index (χ1) is 11.5. The second kappa shape index (κ2) is 5.44. The molecule has 1 aliphatic heterocycles. The van der Waals surface area contributed by atoms with E-state index in [4.69, 9.17) is 0 Å². The maximum absolute atomic E-state index is 12.9. The highest BCUT2D eigenvalue weighted by Crippen LogP contribution is 2.44. The van der Waals surface area contributed by atoms with Gasteiger partial charge in [-0.15, -0.1) is 11.8 Å². The van der Waals surface area contributed by atoms with Crippen molar-refractivity contribution in [2.24, 2.45) is 5.41 Å². The lowest BCUT2D eigenvalue weighted by atomic mass is 9.73. The number of benzene rings is 1. The van der Waals surface area contributed by atoms with Crippen molar-refractivity contribution in [3.63, 3.8) is 0 Å². The van der Waals surface area contributed by atoms with Crippen LogP contribution in [0.15, 0.2) is 40.4 Å². The van der Waals surface area contributed by atoms with Crippen molar-refractivity contribution in [3.05, 3.63) is 41.1 Å². The normalized spacial score (nSPS) is 22.0. The van der Waals surface area contributed by atoms with Crippen LogP contribution in [0.3, 0.4) is 0 Å². The molecule has 6 nitrogen and oxygen atoms in total. The van der Waals surface area contributed by atoms with Crippen LogP contribution in [0.5, 0.6) is 0 Å². The van der Waals surface area contributed by atoms with Crippen LogP contribution >= 0.6 is 11.8 Å². The summed E-state index contributed by atoms with van der Waals surface area (Å²) in [5.74, 6) is 0.770. The van der Waals surface area contributed by atoms with Gasteiger partial charge in [-0.2, -0.15) is 4.68 Å². The van der Waals surface area contributed by atoms with Crippen LogP contribution in [0.25, 0.3) is 0 Å². The minimum atomic E-state index is -0.259. The van der Waals surface area contributed by atoms with E-state index in [1.165, 1.54) is 4.90 Å². The molecule has 2 heterocycles. The fourth-order valence-corrected chi connectivity index (χ4v) is 3.97. The van der Waals surface area contributed by atoms with Gasteiger partial charge >= 0.3 is 0 Å². The summed E-state index contributed by atoms with van der Waals surface area (Å²) >= 11 is 1.70. The zero-order valence-electron chi connectivity index (χ0n) is 13.9. The van der Waals surface area contributed by atoms with Gasteiger partial charge in [0, 0.05) is 22.6 Å². The lowest BCUT2D eigenvalue weighted by Crippen LogP contribution is -2.36. The Morgan fingerprint density at radius 1 is 1.25 bits per heavy atom. The van der Waals surface area contributed by atoms with E-state index < -0.39 is 0 Å². The lowest BCUT2D eigenvalue weighted by molar-refractivity contribution is -0.118. The van der Waals surface area contributed by atoms with Crippen molar-refractivity contribution in [3.8, 4) is 0 Å². The first-order valence-corrected chi connectivity index (χ1v) is 9.16. The minimum absolute atomic E-state index is 0.0498. The Kier molecular flexibility index (Phi) is 3.49. The van der Waals surface area contributed by atoms with E-state index in [0.717, 1.165) is 23.3 Å². The van der Waals surface area contributed by atoms with Crippen LogP contribution in [-0.4, -0.2) is 32.2 Å². The molecule has 2 aromatic rings. The van der Waals surface area contributed by atoms with Crippen molar-refractivity contribution < 1.29 is 4.79 Å². The van der Waals surface area contributed by atoms with Crippen LogP contribution in [0.4, 0.5) is 5.95 Å². The Labute approximate surface area is 144 Å². The summed E-state index contributed by atoms with van der Waals surface area (Å²) in [4.78, 5) is 14.1. The van der Waals surface area contributed by atoms with Crippen molar-refractivity contribution in [2.75, 3.05) is 11.6 Å². The van der Waals surface area contributed by atoms with Gasteiger partial charge in [-0.3, -0.25) is 4.79 Å². The molecule has 1 N–H and O–H groups in total. The second-order valence-electron chi connectivity index (χ2n) is 7.08. The van der Waals surface area contributed by atoms with Gasteiger partial charge in [-0.25, -0.2) is 0 Å². The first-order valence-electron chi connectivity index (χ1n) is 7.93. The molecule has 2 aliphatic rings. The number of allylic oxidation sites excluding steroid dienone is 2. The van der Waals surface area contributed by atoms with Gasteiger partial charge in [0.2, 0.25) is 5.95 Å². The molecule has 0 radical (unpaired) electrons. The molecular weight excluding hydrogens is 322 g/mol. The SMILES string of the molecule is CSc1ccc(C2C3=C(CC(C)(C)CC3=O)Nc3nnnn32)cc1. The second-order valence-corrected chi connectivity index (χ2v) is 7.96. The summed E-state index contributed by atoms with van der Waals surface area (Å²) < 4.78 is 1.71. The molecule has 0 saturated carbocycles. The number of nitrogens with one attached hydrogen (secondary N) is 1. The molecule has 1 aliphatic carbocycles. The van der Waals surface area contributed by atoms with Crippen molar-refractivity contribution in [2.45, 2.75) is 37.6 Å². The summed E-state index contributed by atoms with van der Waals surface area (Å²) in [5, 5.41) is 15.3. The summed E-state index contributed by atoms with van der Waals surface area (Å²) in [6.45, 7) is 4.24. The molecule has 0 bridgehead atoms. The van der Waals surface area contributed by atoms with Crippen LogP contribution in [0.2, 0.25) is 0 Å². The number of Topliss-reactive ketones (excluding diaryl/α,β-unsaturated/α-hetero) is 1. The molecule has 124 valence electrons. The summed E-state index contributed by atoms with van der Waals surface area (Å²) in [6, 6.07) is 8.01. The largest absolute Gasteiger partial charge is 0.326 e. The number of fused-ring (bicyclic) bond motifs is 1. The third kappa shape index (κ3) is 2.43. The molecule has 0 saturated heterocycles. The number of ketones is 1. The van der Waals surface area contributed by atoms with E-state index in [-0.39, 0.29) is 17.2 Å². The number of carbonyl (C=O) groups excluding carboxylic acids is 1. The standard InChI is InChI=1S/C17H19N5OS/c1-17(2)8-12-14(13(23)9-17)15(22-16(18-12)19-20-21-22)10-4-6-11(24-3)7-5-10/h4-7,15H,8-9H2,1-3H3,(H,18,19,21). The minimum Gasteiger partial charge on any atom is -0.326 e. The number of anilines is 1. The van der Waals surface area contributed by atoms with E-state index in [1.54, 1.807) is 16.4 Å². The Bertz CT molecular complexity index is 837. The van der Waals surface area contributed by atoms with Crippen LogP contribution in [-0.2, 0) is 4.79 Å².